The summed E-state index contributed by atoms with van der Waals surface area (Å²) in [5.74, 6) is 0. The highest BCUT2D eigenvalue weighted by Gasteiger charge is 2.23. The Balaban J connectivity index is 2.34. The molecule has 48 valence electrons. The van der Waals surface area contributed by atoms with Gasteiger partial charge in [0.25, 0.3) is 22.6 Å². The number of rotatable bonds is 0. The van der Waals surface area contributed by atoms with Gasteiger partial charge in [0.15, 0.2) is 0 Å². The van der Waals surface area contributed by atoms with Crippen LogP contribution in [0.2, 0.25) is 0 Å². The zero-order valence-corrected chi connectivity index (χ0v) is 9.35. The van der Waals surface area contributed by atoms with Crippen LogP contribution in [0, 0.1) is 0 Å². The van der Waals surface area contributed by atoms with Gasteiger partial charge >= 0.3 is 0 Å². The maximum atomic E-state index is 3.36. The van der Waals surface area contributed by atoms with Crippen LogP contribution in [0.25, 0.3) is 0 Å². The first kappa shape index (κ1) is 8.61. The average molecular weight is 317 g/mol. The molecule has 1 heterocycles. The minimum atomic E-state index is 0.891. The second-order valence-electron chi connectivity index (χ2n) is 1.81. The molecule has 1 aliphatic rings. The highest BCUT2D eigenvalue weighted by molar-refractivity contribution is 9.10. The lowest BCUT2D eigenvalue weighted by Crippen LogP contribution is -2.50. The van der Waals surface area contributed by atoms with Crippen LogP contribution in [0.5, 0.6) is 0 Å². The third-order valence-electron chi connectivity index (χ3n) is 0.921. The zero-order chi connectivity index (χ0) is 6.85. The van der Waals surface area contributed by atoms with E-state index in [2.05, 4.69) is 48.4 Å². The van der Waals surface area contributed by atoms with E-state index in [1.807, 2.05) is 11.2 Å². The Morgan fingerprint density at radius 2 is 0.889 bits per heavy atom. The van der Waals surface area contributed by atoms with Crippen molar-refractivity contribution < 1.29 is 0 Å². The first-order valence-electron chi connectivity index (χ1n) is 2.40. The Kier molecular flexibility index (Phi) is 3.61. The molecule has 0 atom stereocenters. The minimum absolute atomic E-state index is 0.891. The van der Waals surface area contributed by atoms with Gasteiger partial charge in [0.1, 0.15) is 0 Å². The molecule has 1 rings (SSSR count). The Morgan fingerprint density at radius 3 is 1.11 bits per heavy atom. The van der Waals surface area contributed by atoms with E-state index >= 15 is 0 Å². The molecule has 0 aliphatic carbocycles. The molecule has 0 amide bonds. The monoisotopic (exact) mass is 315 g/mol. The summed E-state index contributed by atoms with van der Waals surface area (Å²) in [4.78, 5) is 0. The smallest absolute Gasteiger partial charge is 0.291 e. The minimum Gasteiger partial charge on any atom is -0.298 e. The Bertz CT molecular complexity index is 75.3. The summed E-state index contributed by atoms with van der Waals surface area (Å²) in [7, 11) is 2.67. The second kappa shape index (κ2) is 3.78. The first-order chi connectivity index (χ1) is 4.18. The van der Waals surface area contributed by atoms with Crippen molar-refractivity contribution in [2.75, 3.05) is 0 Å². The van der Waals surface area contributed by atoms with E-state index in [-0.39, 0.29) is 0 Å². The van der Waals surface area contributed by atoms with Gasteiger partial charge in [0.2, 0.25) is 0 Å². The van der Waals surface area contributed by atoms with E-state index in [0.717, 1.165) is 22.6 Å². The van der Waals surface area contributed by atoms with Gasteiger partial charge in [-0.3, -0.25) is 11.2 Å². The van der Waals surface area contributed by atoms with Gasteiger partial charge in [0, 0.05) is 0 Å². The number of hydrogen-bond donors (Lipinski definition) is 0. The van der Waals surface area contributed by atoms with Crippen LogP contribution in [-0.2, 0) is 0 Å². The van der Waals surface area contributed by atoms with Crippen molar-refractivity contribution in [2.24, 2.45) is 0 Å². The molecular formula is H3B3Br3N3. The topological polar surface area (TPSA) is 9.72 Å². The molecule has 0 saturated carbocycles. The summed E-state index contributed by atoms with van der Waals surface area (Å²) >= 11 is 10.1. The van der Waals surface area contributed by atoms with Crippen molar-refractivity contribution in [2.45, 2.75) is 0 Å². The largest absolute Gasteiger partial charge is 0.298 e. The first-order valence-corrected chi connectivity index (χ1v) is 4.53. The predicted molar refractivity (Wildman–Crippen MR) is 53.7 cm³/mol. The normalized spacial score (nSPS) is 24.3. The lowest BCUT2D eigenvalue weighted by Gasteiger charge is -2.29. The van der Waals surface area contributed by atoms with Gasteiger partial charge in [-0.2, -0.15) is 0 Å². The van der Waals surface area contributed by atoms with E-state index in [4.69, 9.17) is 0 Å². The lowest BCUT2D eigenvalue weighted by molar-refractivity contribution is 0.893. The van der Waals surface area contributed by atoms with Gasteiger partial charge in [0.05, 0.1) is 0 Å². The fourth-order valence-electron chi connectivity index (χ4n) is 0.634. The van der Waals surface area contributed by atoms with Gasteiger partial charge in [-0.25, -0.2) is 0 Å². The lowest BCUT2D eigenvalue weighted by atomic mass is 9.85. The number of halogens is 3. The molecule has 3 nitrogen and oxygen atoms in total. The van der Waals surface area contributed by atoms with Crippen LogP contribution in [0.15, 0.2) is 0 Å². The molecule has 1 aliphatic heterocycles. The van der Waals surface area contributed by atoms with Crippen LogP contribution in [0.3, 0.4) is 0 Å². The molecule has 9 heavy (non-hydrogen) atoms. The third-order valence-corrected chi connectivity index (χ3v) is 2.27. The van der Waals surface area contributed by atoms with Crippen molar-refractivity contribution >= 4 is 71.1 Å². The Hall–Kier alpha value is 1.51. The fraction of sp³-hybridized carbons (Fsp3) is 0. The predicted octanol–water partition coefficient (Wildman–Crippen LogP) is -0.365. The standard InChI is InChI=1S/B3Br3H3N3/c4-7-1-8(5)3-9(6)2-7/h1-3H. The summed E-state index contributed by atoms with van der Waals surface area (Å²) in [6, 6.07) is 0. The van der Waals surface area contributed by atoms with Crippen LogP contribution < -0.4 is 0 Å². The molecule has 9 heteroatoms. The van der Waals surface area contributed by atoms with Crippen molar-refractivity contribution in [3.63, 3.8) is 0 Å². The number of hydrogen-bond acceptors (Lipinski definition) is 3. The molecule has 0 bridgehead atoms. The Morgan fingerprint density at radius 1 is 0.667 bits per heavy atom. The van der Waals surface area contributed by atoms with E-state index in [0.29, 0.717) is 0 Å². The summed E-state index contributed by atoms with van der Waals surface area (Å²) in [5.41, 5.74) is 0. The van der Waals surface area contributed by atoms with E-state index in [1.165, 1.54) is 0 Å². The molecule has 0 aromatic heterocycles. The molecule has 0 N–H and O–H groups in total. The van der Waals surface area contributed by atoms with E-state index in [1.54, 1.807) is 0 Å². The van der Waals surface area contributed by atoms with Crippen LogP contribution in [-0.4, -0.2) is 33.9 Å². The van der Waals surface area contributed by atoms with Crippen LogP contribution >= 0.6 is 48.4 Å². The van der Waals surface area contributed by atoms with Gasteiger partial charge in [-0.05, 0) is 48.4 Å². The summed E-state index contributed by atoms with van der Waals surface area (Å²) in [5, 5.41) is 0. The highest BCUT2D eigenvalue weighted by Crippen LogP contribution is 2.10. The number of nitrogens with zero attached hydrogens (tertiary/aromatic N) is 3. The third kappa shape index (κ3) is 2.94. The van der Waals surface area contributed by atoms with Crippen LogP contribution in [0.4, 0.5) is 0 Å². The highest BCUT2D eigenvalue weighted by atomic mass is 79.9. The Labute approximate surface area is 82.0 Å². The van der Waals surface area contributed by atoms with Crippen molar-refractivity contribution in [3.05, 3.63) is 0 Å². The second-order valence-corrected chi connectivity index (χ2v) is 4.82. The molecule has 0 radical (unpaired) electrons. The van der Waals surface area contributed by atoms with Gasteiger partial charge < -0.3 is 0 Å². The van der Waals surface area contributed by atoms with Gasteiger partial charge in [-0.15, -0.1) is 0 Å². The maximum Gasteiger partial charge on any atom is 0.291 e. The van der Waals surface area contributed by atoms with Crippen molar-refractivity contribution in [1.82, 2.24) is 11.2 Å². The molecule has 0 spiro atoms. The molecule has 0 aromatic rings. The summed E-state index contributed by atoms with van der Waals surface area (Å²) < 4.78 is 6.00. The quantitative estimate of drug-likeness (QED) is 0.446. The SMILES string of the molecule is BrN1BN(Br)BN(Br)B1. The van der Waals surface area contributed by atoms with E-state index < -0.39 is 0 Å². The molecule has 0 aromatic carbocycles. The molecule has 0 unspecified atom stereocenters. The van der Waals surface area contributed by atoms with Gasteiger partial charge in [-0.1, -0.05) is 0 Å². The molecule has 1 saturated heterocycles. The van der Waals surface area contributed by atoms with Crippen molar-refractivity contribution in [1.29, 1.82) is 0 Å². The zero-order valence-electron chi connectivity index (χ0n) is 4.60. The molecular weight excluding hydrogens is 314 g/mol. The summed E-state index contributed by atoms with van der Waals surface area (Å²) in [6.07, 6.45) is 0. The maximum absolute atomic E-state index is 3.36. The molecule has 1 fully saturated rings. The fourth-order valence-corrected chi connectivity index (χ4v) is 3.16. The van der Waals surface area contributed by atoms with Crippen molar-refractivity contribution in [3.8, 4) is 0 Å². The van der Waals surface area contributed by atoms with E-state index in [9.17, 15) is 0 Å². The van der Waals surface area contributed by atoms with Crippen LogP contribution in [0.1, 0.15) is 0 Å². The average Bonchev–Trinajstić information content (AvgIpc) is 1.59. The summed E-state index contributed by atoms with van der Waals surface area (Å²) in [6.45, 7) is 0.